The van der Waals surface area contributed by atoms with Crippen molar-refractivity contribution in [2.75, 3.05) is 18.5 Å². The lowest BCUT2D eigenvalue weighted by Crippen LogP contribution is -2.18. The SMILES string of the molecule is CCCCCOC(=O)CNc1c(C)cccc1C. The van der Waals surface area contributed by atoms with Crippen molar-refractivity contribution in [3.05, 3.63) is 29.3 Å². The van der Waals surface area contributed by atoms with Crippen LogP contribution >= 0.6 is 0 Å². The van der Waals surface area contributed by atoms with Crippen LogP contribution in [-0.2, 0) is 9.53 Å². The number of esters is 1. The monoisotopic (exact) mass is 249 g/mol. The molecule has 100 valence electrons. The normalized spacial score (nSPS) is 10.2. The number of rotatable bonds is 7. The molecule has 18 heavy (non-hydrogen) atoms. The van der Waals surface area contributed by atoms with Crippen molar-refractivity contribution in [1.82, 2.24) is 0 Å². The Labute approximate surface area is 110 Å². The van der Waals surface area contributed by atoms with Gasteiger partial charge in [0.2, 0.25) is 0 Å². The maximum Gasteiger partial charge on any atom is 0.325 e. The van der Waals surface area contributed by atoms with E-state index >= 15 is 0 Å². The molecule has 0 radical (unpaired) electrons. The zero-order valence-electron chi connectivity index (χ0n) is 11.6. The van der Waals surface area contributed by atoms with Crippen molar-refractivity contribution in [3.63, 3.8) is 0 Å². The van der Waals surface area contributed by atoms with Crippen LogP contribution in [0.4, 0.5) is 5.69 Å². The van der Waals surface area contributed by atoms with E-state index in [0.29, 0.717) is 6.61 Å². The Balaban J connectivity index is 2.34. The van der Waals surface area contributed by atoms with Gasteiger partial charge >= 0.3 is 5.97 Å². The summed E-state index contributed by atoms with van der Waals surface area (Å²) in [7, 11) is 0. The number of anilines is 1. The van der Waals surface area contributed by atoms with Crippen LogP contribution in [0.15, 0.2) is 18.2 Å². The van der Waals surface area contributed by atoms with E-state index in [0.717, 1.165) is 36.1 Å². The number of benzene rings is 1. The fraction of sp³-hybridized carbons (Fsp3) is 0.533. The van der Waals surface area contributed by atoms with Gasteiger partial charge in [-0.2, -0.15) is 0 Å². The average Bonchev–Trinajstić information content (AvgIpc) is 2.34. The smallest absolute Gasteiger partial charge is 0.325 e. The number of carbonyl (C=O) groups is 1. The molecule has 1 N–H and O–H groups in total. The van der Waals surface area contributed by atoms with E-state index < -0.39 is 0 Å². The molecule has 3 nitrogen and oxygen atoms in total. The highest BCUT2D eigenvalue weighted by atomic mass is 16.5. The molecule has 0 heterocycles. The third kappa shape index (κ3) is 4.78. The van der Waals surface area contributed by atoms with Crippen molar-refractivity contribution in [2.45, 2.75) is 40.0 Å². The van der Waals surface area contributed by atoms with Gasteiger partial charge in [-0.3, -0.25) is 4.79 Å². The van der Waals surface area contributed by atoms with Crippen LogP contribution in [0.1, 0.15) is 37.3 Å². The van der Waals surface area contributed by atoms with Crippen molar-refractivity contribution < 1.29 is 9.53 Å². The first kappa shape index (κ1) is 14.6. The van der Waals surface area contributed by atoms with Crippen molar-refractivity contribution in [2.24, 2.45) is 0 Å². The molecule has 1 aromatic rings. The maximum absolute atomic E-state index is 11.5. The fourth-order valence-corrected chi connectivity index (χ4v) is 1.84. The van der Waals surface area contributed by atoms with Crippen LogP contribution in [0.3, 0.4) is 0 Å². The van der Waals surface area contributed by atoms with Crippen LogP contribution in [-0.4, -0.2) is 19.1 Å². The maximum atomic E-state index is 11.5. The summed E-state index contributed by atoms with van der Waals surface area (Å²) in [5, 5.41) is 3.15. The minimum Gasteiger partial charge on any atom is -0.464 e. The predicted octanol–water partition coefficient (Wildman–Crippen LogP) is 3.45. The molecule has 1 aromatic carbocycles. The second-order valence-electron chi connectivity index (χ2n) is 4.55. The van der Waals surface area contributed by atoms with Crippen LogP contribution in [0, 0.1) is 13.8 Å². The van der Waals surface area contributed by atoms with Crippen LogP contribution < -0.4 is 5.32 Å². The Kier molecular flexibility index (Phi) is 6.26. The number of aryl methyl sites for hydroxylation is 2. The number of ether oxygens (including phenoxy) is 1. The number of unbranched alkanes of at least 4 members (excludes halogenated alkanes) is 2. The van der Waals surface area contributed by atoms with E-state index in [1.807, 2.05) is 32.0 Å². The highest BCUT2D eigenvalue weighted by Crippen LogP contribution is 2.18. The van der Waals surface area contributed by atoms with Gasteiger partial charge < -0.3 is 10.1 Å². The van der Waals surface area contributed by atoms with Gasteiger partial charge in [0.05, 0.1) is 6.61 Å². The summed E-state index contributed by atoms with van der Waals surface area (Å²) in [5.74, 6) is -0.186. The Morgan fingerprint density at radius 1 is 1.22 bits per heavy atom. The molecule has 0 bridgehead atoms. The van der Waals surface area contributed by atoms with Crippen molar-refractivity contribution in [3.8, 4) is 0 Å². The highest BCUT2D eigenvalue weighted by molar-refractivity contribution is 5.76. The number of hydrogen-bond donors (Lipinski definition) is 1. The molecule has 0 amide bonds. The fourth-order valence-electron chi connectivity index (χ4n) is 1.84. The third-order valence-corrected chi connectivity index (χ3v) is 2.90. The van der Waals surface area contributed by atoms with Crippen molar-refractivity contribution in [1.29, 1.82) is 0 Å². The van der Waals surface area contributed by atoms with Gasteiger partial charge in [0.1, 0.15) is 6.54 Å². The van der Waals surface area contributed by atoms with Crippen LogP contribution in [0.2, 0.25) is 0 Å². The predicted molar refractivity (Wildman–Crippen MR) is 74.9 cm³/mol. The van der Waals surface area contributed by atoms with Gasteiger partial charge in [0, 0.05) is 5.69 Å². The molecule has 0 saturated carbocycles. The minimum absolute atomic E-state index is 0.186. The number of nitrogens with one attached hydrogen (secondary N) is 1. The Hall–Kier alpha value is -1.51. The summed E-state index contributed by atoms with van der Waals surface area (Å²) < 4.78 is 5.14. The lowest BCUT2D eigenvalue weighted by Gasteiger charge is -2.12. The van der Waals surface area contributed by atoms with Gasteiger partial charge in [0.25, 0.3) is 0 Å². The molecule has 0 aliphatic heterocycles. The average molecular weight is 249 g/mol. The molecular formula is C15H23NO2. The zero-order chi connectivity index (χ0) is 13.4. The second kappa shape index (κ2) is 7.75. The third-order valence-electron chi connectivity index (χ3n) is 2.90. The Morgan fingerprint density at radius 2 is 1.89 bits per heavy atom. The molecule has 3 heteroatoms. The van der Waals surface area contributed by atoms with Gasteiger partial charge in [-0.05, 0) is 31.4 Å². The first-order chi connectivity index (χ1) is 8.65. The van der Waals surface area contributed by atoms with E-state index in [2.05, 4.69) is 12.2 Å². The molecule has 0 spiro atoms. The van der Waals surface area contributed by atoms with E-state index in [4.69, 9.17) is 4.74 Å². The molecule has 0 saturated heterocycles. The Bertz CT molecular complexity index is 368. The van der Waals surface area contributed by atoms with E-state index in [1.165, 1.54) is 0 Å². The first-order valence-corrected chi connectivity index (χ1v) is 6.61. The summed E-state index contributed by atoms with van der Waals surface area (Å²) in [5.41, 5.74) is 3.32. The summed E-state index contributed by atoms with van der Waals surface area (Å²) >= 11 is 0. The molecule has 0 aliphatic carbocycles. The number of hydrogen-bond acceptors (Lipinski definition) is 3. The molecule has 1 rings (SSSR count). The van der Waals surface area contributed by atoms with Gasteiger partial charge in [-0.15, -0.1) is 0 Å². The van der Waals surface area contributed by atoms with Gasteiger partial charge in [0.15, 0.2) is 0 Å². The standard InChI is InChI=1S/C15H23NO2/c1-4-5-6-10-18-14(17)11-16-15-12(2)8-7-9-13(15)3/h7-9,16H,4-6,10-11H2,1-3H3. The van der Waals surface area contributed by atoms with Gasteiger partial charge in [-0.25, -0.2) is 0 Å². The molecule has 0 unspecified atom stereocenters. The molecule has 0 aromatic heterocycles. The molecule has 0 aliphatic rings. The van der Waals surface area contributed by atoms with Crippen LogP contribution in [0.25, 0.3) is 0 Å². The molecular weight excluding hydrogens is 226 g/mol. The summed E-state index contributed by atoms with van der Waals surface area (Å²) in [6.07, 6.45) is 3.20. The zero-order valence-corrected chi connectivity index (χ0v) is 11.6. The minimum atomic E-state index is -0.186. The van der Waals surface area contributed by atoms with E-state index in [1.54, 1.807) is 0 Å². The summed E-state index contributed by atoms with van der Waals surface area (Å²) in [6, 6.07) is 6.07. The van der Waals surface area contributed by atoms with Crippen LogP contribution in [0.5, 0.6) is 0 Å². The first-order valence-electron chi connectivity index (χ1n) is 6.61. The Morgan fingerprint density at radius 3 is 2.50 bits per heavy atom. The lowest BCUT2D eigenvalue weighted by atomic mass is 10.1. The quantitative estimate of drug-likeness (QED) is 0.594. The van der Waals surface area contributed by atoms with Gasteiger partial charge in [-0.1, -0.05) is 38.0 Å². The number of para-hydroxylation sites is 1. The summed E-state index contributed by atoms with van der Waals surface area (Å²) in [6.45, 7) is 6.95. The topological polar surface area (TPSA) is 38.3 Å². The van der Waals surface area contributed by atoms with E-state index in [9.17, 15) is 4.79 Å². The molecule has 0 fully saturated rings. The molecule has 0 atom stereocenters. The second-order valence-corrected chi connectivity index (χ2v) is 4.55. The lowest BCUT2D eigenvalue weighted by molar-refractivity contribution is -0.141. The largest absolute Gasteiger partial charge is 0.464 e. The summed E-state index contributed by atoms with van der Waals surface area (Å²) in [4.78, 5) is 11.5. The van der Waals surface area contributed by atoms with E-state index in [-0.39, 0.29) is 12.5 Å². The highest BCUT2D eigenvalue weighted by Gasteiger charge is 2.05. The van der Waals surface area contributed by atoms with Crippen molar-refractivity contribution >= 4 is 11.7 Å². The number of carbonyl (C=O) groups excluding carboxylic acids is 1.